The average Bonchev–Trinajstić information content (AvgIpc) is 2.59. The number of hydrogen-bond acceptors (Lipinski definition) is 4. The van der Waals surface area contributed by atoms with Crippen molar-refractivity contribution in [1.29, 1.82) is 0 Å². The molecular weight excluding hydrogens is 304 g/mol. The number of carbonyl (C=O) groups excluding carboxylic acids is 2. The Hall–Kier alpha value is -2.88. The topological polar surface area (TPSA) is 52.6 Å². The number of benzene rings is 2. The van der Waals surface area contributed by atoms with Crippen molar-refractivity contribution < 1.29 is 19.1 Å². The summed E-state index contributed by atoms with van der Waals surface area (Å²) >= 11 is 0. The Balaban J connectivity index is 2.02. The van der Waals surface area contributed by atoms with Crippen LogP contribution >= 0.6 is 0 Å². The molecule has 0 spiro atoms. The Morgan fingerprint density at radius 3 is 2.38 bits per heavy atom. The summed E-state index contributed by atoms with van der Waals surface area (Å²) in [5.41, 5.74) is 3.90. The molecule has 4 heteroatoms. The van der Waals surface area contributed by atoms with E-state index in [-0.39, 0.29) is 12.4 Å². The fourth-order valence-electron chi connectivity index (χ4n) is 2.19. The van der Waals surface area contributed by atoms with Crippen LogP contribution in [0.2, 0.25) is 0 Å². The molecule has 0 aliphatic rings. The summed E-state index contributed by atoms with van der Waals surface area (Å²) in [6.07, 6.45) is 3.38. The van der Waals surface area contributed by atoms with Gasteiger partial charge < -0.3 is 9.47 Å². The second-order valence-electron chi connectivity index (χ2n) is 5.45. The minimum Gasteiger partial charge on any atom is -0.482 e. The van der Waals surface area contributed by atoms with E-state index in [2.05, 4.69) is 10.8 Å². The Bertz CT molecular complexity index is 758. The molecule has 24 heavy (non-hydrogen) atoms. The first-order chi connectivity index (χ1) is 11.5. The average molecular weight is 324 g/mol. The van der Waals surface area contributed by atoms with Gasteiger partial charge in [-0.05, 0) is 55.3 Å². The van der Waals surface area contributed by atoms with Gasteiger partial charge in [-0.15, -0.1) is 0 Å². The van der Waals surface area contributed by atoms with Crippen LogP contribution in [0, 0.1) is 13.8 Å². The van der Waals surface area contributed by atoms with Gasteiger partial charge in [-0.1, -0.05) is 29.8 Å². The highest BCUT2D eigenvalue weighted by Crippen LogP contribution is 2.15. The molecular formula is C20H20O4. The van der Waals surface area contributed by atoms with Crippen LogP contribution in [0.1, 0.15) is 27.0 Å². The largest absolute Gasteiger partial charge is 0.482 e. The first kappa shape index (κ1) is 17.5. The lowest BCUT2D eigenvalue weighted by Crippen LogP contribution is -2.12. The zero-order valence-electron chi connectivity index (χ0n) is 14.0. The number of ether oxygens (including phenoxy) is 2. The first-order valence-electron chi connectivity index (χ1n) is 7.59. The quantitative estimate of drug-likeness (QED) is 0.461. The highest BCUT2D eigenvalue weighted by molar-refractivity contribution is 6.06. The van der Waals surface area contributed by atoms with Crippen molar-refractivity contribution in [2.24, 2.45) is 0 Å². The van der Waals surface area contributed by atoms with E-state index >= 15 is 0 Å². The predicted molar refractivity (Wildman–Crippen MR) is 93.2 cm³/mol. The van der Waals surface area contributed by atoms with Crippen LogP contribution < -0.4 is 4.74 Å². The van der Waals surface area contributed by atoms with Crippen LogP contribution in [0.4, 0.5) is 0 Å². The highest BCUT2D eigenvalue weighted by atomic mass is 16.6. The second-order valence-corrected chi connectivity index (χ2v) is 5.45. The smallest absolute Gasteiger partial charge is 0.343 e. The lowest BCUT2D eigenvalue weighted by atomic mass is 10.0. The summed E-state index contributed by atoms with van der Waals surface area (Å²) in [5.74, 6) is -0.0312. The van der Waals surface area contributed by atoms with E-state index in [4.69, 9.17) is 4.74 Å². The van der Waals surface area contributed by atoms with E-state index in [0.717, 1.165) is 11.1 Å². The number of hydrogen-bond donors (Lipinski definition) is 0. The molecule has 2 rings (SSSR count). The zero-order valence-corrected chi connectivity index (χ0v) is 14.0. The van der Waals surface area contributed by atoms with Gasteiger partial charge in [0.15, 0.2) is 12.4 Å². The second kappa shape index (κ2) is 8.11. The van der Waals surface area contributed by atoms with Gasteiger partial charge in [0, 0.05) is 5.56 Å². The van der Waals surface area contributed by atoms with Gasteiger partial charge in [0.1, 0.15) is 5.75 Å². The molecule has 0 bridgehead atoms. The predicted octanol–water partition coefficient (Wildman–Crippen LogP) is 3.75. The van der Waals surface area contributed by atoms with Crippen molar-refractivity contribution in [2.45, 2.75) is 13.8 Å². The molecule has 0 saturated heterocycles. The summed E-state index contributed by atoms with van der Waals surface area (Å²) in [6, 6.07) is 12.7. The molecule has 0 N–H and O–H groups in total. The Labute approximate surface area is 141 Å². The standard InChI is InChI=1S/C20H20O4/c1-14-4-5-16(15(2)12-14)8-11-19(21)17-6-9-18(10-7-17)24-13-20(22)23-3/h4-12H,13H2,1-3H3. The fourth-order valence-corrected chi connectivity index (χ4v) is 2.19. The molecule has 0 aliphatic carbocycles. The summed E-state index contributed by atoms with van der Waals surface area (Å²) in [6.45, 7) is 3.90. The lowest BCUT2D eigenvalue weighted by Gasteiger charge is -2.05. The number of esters is 1. The third-order valence-electron chi connectivity index (χ3n) is 3.56. The van der Waals surface area contributed by atoms with Gasteiger partial charge in [0.05, 0.1) is 7.11 Å². The molecule has 0 amide bonds. The molecule has 0 fully saturated rings. The number of methoxy groups -OCH3 is 1. The molecule has 0 aromatic heterocycles. The van der Waals surface area contributed by atoms with E-state index in [0.29, 0.717) is 11.3 Å². The minimum absolute atomic E-state index is 0.0884. The van der Waals surface area contributed by atoms with E-state index in [1.165, 1.54) is 12.7 Å². The van der Waals surface area contributed by atoms with Crippen molar-refractivity contribution >= 4 is 17.8 Å². The van der Waals surface area contributed by atoms with Gasteiger partial charge in [0.25, 0.3) is 0 Å². The Morgan fingerprint density at radius 2 is 1.75 bits per heavy atom. The SMILES string of the molecule is COC(=O)COc1ccc(C(=O)C=Cc2ccc(C)cc2C)cc1. The maximum absolute atomic E-state index is 12.2. The Morgan fingerprint density at radius 1 is 1.04 bits per heavy atom. The van der Waals surface area contributed by atoms with Gasteiger partial charge in [-0.2, -0.15) is 0 Å². The van der Waals surface area contributed by atoms with Crippen LogP contribution in [0.3, 0.4) is 0 Å². The number of rotatable bonds is 6. The molecule has 0 aliphatic heterocycles. The van der Waals surface area contributed by atoms with Crippen LogP contribution in [0.5, 0.6) is 5.75 Å². The first-order valence-corrected chi connectivity index (χ1v) is 7.59. The summed E-state index contributed by atoms with van der Waals surface area (Å²) < 4.78 is 9.74. The number of allylic oxidation sites excluding steroid dienone is 1. The van der Waals surface area contributed by atoms with Crippen molar-refractivity contribution in [3.05, 3.63) is 70.8 Å². The van der Waals surface area contributed by atoms with E-state index in [1.807, 2.05) is 32.1 Å². The molecule has 4 nitrogen and oxygen atoms in total. The maximum Gasteiger partial charge on any atom is 0.343 e. The van der Waals surface area contributed by atoms with Gasteiger partial charge >= 0.3 is 5.97 Å². The molecule has 0 atom stereocenters. The molecule has 2 aromatic carbocycles. The monoisotopic (exact) mass is 324 g/mol. The summed E-state index contributed by atoms with van der Waals surface area (Å²) in [7, 11) is 1.30. The zero-order chi connectivity index (χ0) is 17.5. The molecule has 2 aromatic rings. The molecule has 0 radical (unpaired) electrons. The van der Waals surface area contributed by atoms with Crippen molar-refractivity contribution in [3.63, 3.8) is 0 Å². The van der Waals surface area contributed by atoms with Crippen LogP contribution in [-0.4, -0.2) is 25.5 Å². The molecule has 0 heterocycles. The maximum atomic E-state index is 12.2. The third-order valence-corrected chi connectivity index (χ3v) is 3.56. The number of carbonyl (C=O) groups is 2. The highest BCUT2D eigenvalue weighted by Gasteiger charge is 2.05. The van der Waals surface area contributed by atoms with Crippen LogP contribution in [0.15, 0.2) is 48.5 Å². The third kappa shape index (κ3) is 4.81. The van der Waals surface area contributed by atoms with Crippen LogP contribution in [0.25, 0.3) is 6.08 Å². The number of ketones is 1. The minimum atomic E-state index is -0.452. The molecule has 0 saturated carbocycles. The van der Waals surface area contributed by atoms with E-state index < -0.39 is 5.97 Å². The van der Waals surface area contributed by atoms with Gasteiger partial charge in [0.2, 0.25) is 0 Å². The molecule has 124 valence electrons. The fraction of sp³-hybridized carbons (Fsp3) is 0.200. The van der Waals surface area contributed by atoms with E-state index in [9.17, 15) is 9.59 Å². The van der Waals surface area contributed by atoms with Crippen molar-refractivity contribution in [3.8, 4) is 5.75 Å². The van der Waals surface area contributed by atoms with Crippen molar-refractivity contribution in [1.82, 2.24) is 0 Å². The van der Waals surface area contributed by atoms with Crippen LogP contribution in [-0.2, 0) is 9.53 Å². The molecule has 0 unspecified atom stereocenters. The number of aryl methyl sites for hydroxylation is 2. The van der Waals surface area contributed by atoms with Gasteiger partial charge in [-0.3, -0.25) is 4.79 Å². The Kier molecular flexibility index (Phi) is 5.90. The van der Waals surface area contributed by atoms with Crippen molar-refractivity contribution in [2.75, 3.05) is 13.7 Å². The summed E-state index contributed by atoms with van der Waals surface area (Å²) in [4.78, 5) is 23.2. The van der Waals surface area contributed by atoms with Gasteiger partial charge in [-0.25, -0.2) is 4.79 Å². The lowest BCUT2D eigenvalue weighted by molar-refractivity contribution is -0.142. The normalized spacial score (nSPS) is 10.6. The summed E-state index contributed by atoms with van der Waals surface area (Å²) in [5, 5.41) is 0. The van der Waals surface area contributed by atoms with E-state index in [1.54, 1.807) is 30.3 Å².